The van der Waals surface area contributed by atoms with Gasteiger partial charge < -0.3 is 4.90 Å². The van der Waals surface area contributed by atoms with Crippen molar-refractivity contribution in [1.82, 2.24) is 4.90 Å². The van der Waals surface area contributed by atoms with E-state index < -0.39 is 0 Å². The van der Waals surface area contributed by atoms with E-state index in [4.69, 9.17) is 0 Å². The molecular formula is C12H19NS. The van der Waals surface area contributed by atoms with Gasteiger partial charge in [-0.3, -0.25) is 0 Å². The molecule has 0 saturated carbocycles. The van der Waals surface area contributed by atoms with Crippen molar-refractivity contribution in [3.63, 3.8) is 0 Å². The first-order chi connectivity index (χ1) is 6.86. The van der Waals surface area contributed by atoms with Crippen LogP contribution < -0.4 is 0 Å². The molecule has 0 N–H and O–H groups in total. The largest absolute Gasteiger partial charge is 0.301 e. The summed E-state index contributed by atoms with van der Waals surface area (Å²) in [5.74, 6) is 1.22. The lowest BCUT2D eigenvalue weighted by Gasteiger charge is -2.12. The average molecular weight is 209 g/mol. The van der Waals surface area contributed by atoms with Crippen LogP contribution in [0.1, 0.15) is 19.4 Å². The fourth-order valence-electron chi connectivity index (χ4n) is 1.46. The van der Waals surface area contributed by atoms with Gasteiger partial charge in [0.2, 0.25) is 0 Å². The highest BCUT2D eigenvalue weighted by molar-refractivity contribution is 7.99. The van der Waals surface area contributed by atoms with Gasteiger partial charge in [0, 0.05) is 23.7 Å². The van der Waals surface area contributed by atoms with Crippen LogP contribution in [0.25, 0.3) is 0 Å². The molecule has 1 aromatic carbocycles. The molecule has 1 aliphatic rings. The van der Waals surface area contributed by atoms with Crippen molar-refractivity contribution in [1.29, 1.82) is 0 Å². The summed E-state index contributed by atoms with van der Waals surface area (Å²) in [5, 5.41) is 0. The van der Waals surface area contributed by atoms with Crippen molar-refractivity contribution in [2.24, 2.45) is 0 Å². The number of rotatable bonds is 0. The van der Waals surface area contributed by atoms with Gasteiger partial charge in [0.25, 0.3) is 0 Å². The van der Waals surface area contributed by atoms with Crippen molar-refractivity contribution < 1.29 is 0 Å². The molecule has 0 radical (unpaired) electrons. The Labute approximate surface area is 91.5 Å². The molecule has 1 heterocycles. The van der Waals surface area contributed by atoms with E-state index in [0.717, 1.165) is 6.54 Å². The number of hydrogen-bond acceptors (Lipinski definition) is 2. The van der Waals surface area contributed by atoms with Crippen molar-refractivity contribution in [3.8, 4) is 0 Å². The Morgan fingerprint density at radius 2 is 1.93 bits per heavy atom. The van der Waals surface area contributed by atoms with Crippen LogP contribution >= 0.6 is 11.8 Å². The molecular weight excluding hydrogens is 190 g/mol. The smallest absolute Gasteiger partial charge is 0.0242 e. The highest BCUT2D eigenvalue weighted by atomic mass is 32.2. The first kappa shape index (κ1) is 11.6. The van der Waals surface area contributed by atoms with Crippen molar-refractivity contribution >= 4 is 11.8 Å². The first-order valence-electron chi connectivity index (χ1n) is 5.25. The quantitative estimate of drug-likeness (QED) is 0.645. The second-order valence-electron chi connectivity index (χ2n) is 3.19. The molecule has 0 spiro atoms. The maximum Gasteiger partial charge on any atom is 0.0242 e. The first-order valence-corrected chi connectivity index (χ1v) is 6.24. The Kier molecular flexibility index (Phi) is 5.05. The second kappa shape index (κ2) is 6.10. The molecule has 2 rings (SSSR count). The van der Waals surface area contributed by atoms with Crippen LogP contribution in [0.5, 0.6) is 0 Å². The van der Waals surface area contributed by atoms with Crippen LogP contribution in [0.3, 0.4) is 0 Å². The summed E-state index contributed by atoms with van der Waals surface area (Å²) in [6.45, 7) is 6.29. The Balaban J connectivity index is 0.000000461. The standard InChI is InChI=1S/C10H13NS.C2H6/c1-11-6-7-12-10-5-3-2-4-9(10)8-11;1-2/h2-5H,6-8H2,1H3;1-2H3. The summed E-state index contributed by atoms with van der Waals surface area (Å²) < 4.78 is 0. The van der Waals surface area contributed by atoms with E-state index in [2.05, 4.69) is 36.2 Å². The Hall–Kier alpha value is -0.470. The molecule has 0 saturated heterocycles. The predicted octanol–water partition coefficient (Wildman–Crippen LogP) is 3.25. The number of thioether (sulfide) groups is 1. The van der Waals surface area contributed by atoms with Crippen molar-refractivity contribution in [3.05, 3.63) is 29.8 Å². The molecule has 0 aliphatic carbocycles. The molecule has 1 aliphatic heterocycles. The number of nitrogens with zero attached hydrogens (tertiary/aromatic N) is 1. The molecule has 0 unspecified atom stereocenters. The van der Waals surface area contributed by atoms with Gasteiger partial charge in [0.05, 0.1) is 0 Å². The van der Waals surface area contributed by atoms with Gasteiger partial charge in [0.1, 0.15) is 0 Å². The van der Waals surface area contributed by atoms with Crippen LogP contribution in [0, 0.1) is 0 Å². The lowest BCUT2D eigenvalue weighted by Crippen LogP contribution is -2.18. The van der Waals surface area contributed by atoms with Gasteiger partial charge in [-0.15, -0.1) is 11.8 Å². The third-order valence-corrected chi connectivity index (χ3v) is 3.24. The zero-order valence-electron chi connectivity index (χ0n) is 9.29. The predicted molar refractivity (Wildman–Crippen MR) is 64.8 cm³/mol. The number of hydrogen-bond donors (Lipinski definition) is 0. The molecule has 2 heteroatoms. The minimum Gasteiger partial charge on any atom is -0.301 e. The molecule has 78 valence electrons. The molecule has 1 aromatic rings. The topological polar surface area (TPSA) is 3.24 Å². The minimum atomic E-state index is 1.10. The fourth-order valence-corrected chi connectivity index (χ4v) is 2.57. The monoisotopic (exact) mass is 209 g/mol. The third-order valence-electron chi connectivity index (χ3n) is 2.14. The molecule has 14 heavy (non-hydrogen) atoms. The molecule has 1 nitrogen and oxygen atoms in total. The van der Waals surface area contributed by atoms with Crippen LogP contribution in [-0.2, 0) is 6.54 Å². The maximum absolute atomic E-state index is 2.37. The Morgan fingerprint density at radius 1 is 1.21 bits per heavy atom. The van der Waals surface area contributed by atoms with Crippen molar-refractivity contribution in [2.75, 3.05) is 19.3 Å². The fraction of sp³-hybridized carbons (Fsp3) is 0.500. The summed E-state index contributed by atoms with van der Waals surface area (Å²) in [7, 11) is 2.18. The highest BCUT2D eigenvalue weighted by Crippen LogP contribution is 2.26. The van der Waals surface area contributed by atoms with Crippen molar-refractivity contribution in [2.45, 2.75) is 25.3 Å². The summed E-state index contributed by atoms with van der Waals surface area (Å²) in [4.78, 5) is 3.83. The highest BCUT2D eigenvalue weighted by Gasteiger charge is 2.09. The molecule has 0 amide bonds. The summed E-state index contributed by atoms with van der Waals surface area (Å²) in [5.41, 5.74) is 1.47. The van der Waals surface area contributed by atoms with E-state index in [-0.39, 0.29) is 0 Å². The number of fused-ring (bicyclic) bond motifs is 1. The van der Waals surface area contributed by atoms with Gasteiger partial charge >= 0.3 is 0 Å². The SMILES string of the molecule is CC.CN1CCSc2ccccc2C1. The Morgan fingerprint density at radius 3 is 2.71 bits per heavy atom. The number of benzene rings is 1. The third kappa shape index (κ3) is 3.03. The van der Waals surface area contributed by atoms with Crippen LogP contribution in [0.15, 0.2) is 29.2 Å². The molecule has 0 aromatic heterocycles. The zero-order chi connectivity index (χ0) is 10.4. The van der Waals surface area contributed by atoms with Gasteiger partial charge in [-0.2, -0.15) is 0 Å². The van der Waals surface area contributed by atoms with Gasteiger partial charge in [-0.05, 0) is 18.7 Å². The van der Waals surface area contributed by atoms with Gasteiger partial charge in [-0.25, -0.2) is 0 Å². The van der Waals surface area contributed by atoms with Crippen LogP contribution in [0.2, 0.25) is 0 Å². The minimum absolute atomic E-state index is 1.10. The Bertz CT molecular complexity index is 273. The molecule has 0 atom stereocenters. The molecule has 0 fully saturated rings. The summed E-state index contributed by atoms with van der Waals surface area (Å²) in [6, 6.07) is 8.69. The van der Waals surface area contributed by atoms with E-state index in [1.165, 1.54) is 22.8 Å². The van der Waals surface area contributed by atoms with E-state index >= 15 is 0 Å². The summed E-state index contributed by atoms with van der Waals surface area (Å²) in [6.07, 6.45) is 0. The van der Waals surface area contributed by atoms with Gasteiger partial charge in [-0.1, -0.05) is 32.0 Å². The normalized spacial score (nSPS) is 16.2. The average Bonchev–Trinajstić information content (AvgIpc) is 2.41. The summed E-state index contributed by atoms with van der Waals surface area (Å²) >= 11 is 1.97. The lowest BCUT2D eigenvalue weighted by atomic mass is 10.2. The van der Waals surface area contributed by atoms with Crippen LogP contribution in [-0.4, -0.2) is 24.2 Å². The zero-order valence-corrected chi connectivity index (χ0v) is 10.1. The second-order valence-corrected chi connectivity index (χ2v) is 4.33. The van der Waals surface area contributed by atoms with E-state index in [1.54, 1.807) is 0 Å². The van der Waals surface area contributed by atoms with E-state index in [9.17, 15) is 0 Å². The lowest BCUT2D eigenvalue weighted by molar-refractivity contribution is 0.349. The van der Waals surface area contributed by atoms with Gasteiger partial charge in [0.15, 0.2) is 0 Å². The molecule has 0 bridgehead atoms. The van der Waals surface area contributed by atoms with Crippen LogP contribution in [0.4, 0.5) is 0 Å². The van der Waals surface area contributed by atoms with E-state index in [1.807, 2.05) is 25.6 Å². The maximum atomic E-state index is 2.37. The van der Waals surface area contributed by atoms with E-state index in [0.29, 0.717) is 0 Å².